The number of hydrogen-bond acceptors (Lipinski definition) is 5. The molecular weight excluding hydrogens is 454 g/mol. The SMILES string of the molecule is COc1ccccc1NS(=O)(=O)c1cccc(NC(=O)CNC(=O)c2cccc(Cl)c2)c1. The van der Waals surface area contributed by atoms with Crippen LogP contribution in [0.3, 0.4) is 0 Å². The Morgan fingerprint density at radius 1 is 0.969 bits per heavy atom. The Balaban J connectivity index is 1.65. The second kappa shape index (κ2) is 10.2. The molecule has 0 fully saturated rings. The van der Waals surface area contributed by atoms with Crippen LogP contribution in [0.15, 0.2) is 77.7 Å². The molecule has 3 rings (SSSR count). The molecule has 0 radical (unpaired) electrons. The lowest BCUT2D eigenvalue weighted by Crippen LogP contribution is -2.32. The van der Waals surface area contributed by atoms with Crippen LogP contribution in [0.4, 0.5) is 11.4 Å². The number of para-hydroxylation sites is 2. The smallest absolute Gasteiger partial charge is 0.262 e. The summed E-state index contributed by atoms with van der Waals surface area (Å²) in [4.78, 5) is 24.3. The van der Waals surface area contributed by atoms with Gasteiger partial charge in [0, 0.05) is 16.3 Å². The summed E-state index contributed by atoms with van der Waals surface area (Å²) in [6.07, 6.45) is 0. The first-order valence-electron chi connectivity index (χ1n) is 9.38. The number of carbonyl (C=O) groups excluding carboxylic acids is 2. The van der Waals surface area contributed by atoms with Gasteiger partial charge < -0.3 is 15.4 Å². The summed E-state index contributed by atoms with van der Waals surface area (Å²) in [6.45, 7) is -0.304. The summed E-state index contributed by atoms with van der Waals surface area (Å²) in [5, 5.41) is 5.45. The van der Waals surface area contributed by atoms with Gasteiger partial charge in [-0.2, -0.15) is 0 Å². The first kappa shape index (κ1) is 23.1. The Bertz CT molecular complexity index is 1250. The van der Waals surface area contributed by atoms with Crippen molar-refractivity contribution in [2.24, 2.45) is 0 Å². The summed E-state index contributed by atoms with van der Waals surface area (Å²) < 4.78 is 33.1. The molecule has 0 aliphatic heterocycles. The third-order valence-electron chi connectivity index (χ3n) is 4.28. The van der Waals surface area contributed by atoms with E-state index in [9.17, 15) is 18.0 Å². The van der Waals surface area contributed by atoms with E-state index in [0.717, 1.165) is 0 Å². The topological polar surface area (TPSA) is 114 Å². The highest BCUT2D eigenvalue weighted by Crippen LogP contribution is 2.26. The van der Waals surface area contributed by atoms with Crippen molar-refractivity contribution in [1.82, 2.24) is 5.32 Å². The lowest BCUT2D eigenvalue weighted by molar-refractivity contribution is -0.115. The van der Waals surface area contributed by atoms with E-state index in [-0.39, 0.29) is 22.8 Å². The van der Waals surface area contributed by atoms with Gasteiger partial charge in [0.2, 0.25) is 5.91 Å². The molecule has 0 atom stereocenters. The Hall–Kier alpha value is -3.56. The Morgan fingerprint density at radius 2 is 1.72 bits per heavy atom. The van der Waals surface area contributed by atoms with Crippen LogP contribution in [0.2, 0.25) is 5.02 Å². The molecule has 166 valence electrons. The Morgan fingerprint density at radius 3 is 2.47 bits per heavy atom. The van der Waals surface area contributed by atoms with Gasteiger partial charge in [0.05, 0.1) is 24.2 Å². The van der Waals surface area contributed by atoms with Gasteiger partial charge in [-0.3, -0.25) is 14.3 Å². The zero-order valence-electron chi connectivity index (χ0n) is 17.0. The third-order valence-corrected chi connectivity index (χ3v) is 5.87. The van der Waals surface area contributed by atoms with Crippen molar-refractivity contribution >= 4 is 44.8 Å². The number of sulfonamides is 1. The van der Waals surface area contributed by atoms with Crippen molar-refractivity contribution < 1.29 is 22.7 Å². The second-order valence-corrected chi connectivity index (χ2v) is 8.69. The zero-order chi connectivity index (χ0) is 23.1. The molecule has 2 amide bonds. The Kier molecular flexibility index (Phi) is 7.34. The van der Waals surface area contributed by atoms with Crippen LogP contribution in [-0.2, 0) is 14.8 Å². The molecule has 3 aromatic rings. The third kappa shape index (κ3) is 5.99. The van der Waals surface area contributed by atoms with Crippen molar-refractivity contribution in [3.8, 4) is 5.75 Å². The lowest BCUT2D eigenvalue weighted by Gasteiger charge is -2.13. The van der Waals surface area contributed by atoms with E-state index in [1.54, 1.807) is 48.5 Å². The van der Waals surface area contributed by atoms with E-state index in [1.807, 2.05) is 0 Å². The number of hydrogen-bond donors (Lipinski definition) is 3. The number of amides is 2. The number of rotatable bonds is 8. The molecule has 10 heteroatoms. The van der Waals surface area contributed by atoms with Gasteiger partial charge in [-0.25, -0.2) is 8.42 Å². The van der Waals surface area contributed by atoms with Crippen LogP contribution >= 0.6 is 11.6 Å². The van der Waals surface area contributed by atoms with Gasteiger partial charge in [-0.15, -0.1) is 0 Å². The van der Waals surface area contributed by atoms with Crippen molar-refractivity contribution in [1.29, 1.82) is 0 Å². The van der Waals surface area contributed by atoms with Crippen LogP contribution in [0.5, 0.6) is 5.75 Å². The Labute approximate surface area is 190 Å². The van der Waals surface area contributed by atoms with E-state index in [4.69, 9.17) is 16.3 Å². The summed E-state index contributed by atoms with van der Waals surface area (Å²) in [5.41, 5.74) is 0.865. The maximum atomic E-state index is 12.8. The number of methoxy groups -OCH3 is 1. The number of nitrogens with one attached hydrogen (secondary N) is 3. The normalized spacial score (nSPS) is 10.8. The minimum absolute atomic E-state index is 0.0517. The quantitative estimate of drug-likeness (QED) is 0.463. The average molecular weight is 474 g/mol. The van der Waals surface area contributed by atoms with Gasteiger partial charge in [0.25, 0.3) is 15.9 Å². The molecule has 32 heavy (non-hydrogen) atoms. The maximum Gasteiger partial charge on any atom is 0.262 e. The number of benzene rings is 3. The zero-order valence-corrected chi connectivity index (χ0v) is 18.5. The molecule has 0 saturated heterocycles. The van der Waals surface area contributed by atoms with E-state index >= 15 is 0 Å². The van der Waals surface area contributed by atoms with Crippen LogP contribution in [0, 0.1) is 0 Å². The standard InChI is InChI=1S/C22H20ClN3O5S/c1-31-20-11-3-2-10-19(20)26-32(29,30)18-9-5-8-17(13-18)25-21(27)14-24-22(28)15-6-4-7-16(23)12-15/h2-13,26H,14H2,1H3,(H,24,28)(H,25,27). The predicted octanol–water partition coefficient (Wildman–Crippen LogP) is 3.52. The second-order valence-electron chi connectivity index (χ2n) is 6.57. The van der Waals surface area contributed by atoms with E-state index in [2.05, 4.69) is 15.4 Å². The van der Waals surface area contributed by atoms with Gasteiger partial charge in [0.1, 0.15) is 5.75 Å². The fourth-order valence-electron chi connectivity index (χ4n) is 2.77. The molecule has 3 aromatic carbocycles. The monoisotopic (exact) mass is 473 g/mol. The molecule has 0 spiro atoms. The van der Waals surface area contributed by atoms with Crippen LogP contribution < -0.4 is 20.1 Å². The van der Waals surface area contributed by atoms with Gasteiger partial charge in [-0.05, 0) is 48.5 Å². The van der Waals surface area contributed by atoms with Crippen LogP contribution in [-0.4, -0.2) is 33.9 Å². The molecule has 0 aliphatic carbocycles. The number of halogens is 1. The van der Waals surface area contributed by atoms with Crippen molar-refractivity contribution in [3.63, 3.8) is 0 Å². The predicted molar refractivity (Wildman–Crippen MR) is 123 cm³/mol. The molecular formula is C22H20ClN3O5S. The summed E-state index contributed by atoms with van der Waals surface area (Å²) in [6, 6.07) is 18.7. The van der Waals surface area contributed by atoms with Crippen LogP contribution in [0.1, 0.15) is 10.4 Å². The highest BCUT2D eigenvalue weighted by Gasteiger charge is 2.17. The average Bonchev–Trinajstić information content (AvgIpc) is 2.78. The minimum Gasteiger partial charge on any atom is -0.495 e. The lowest BCUT2D eigenvalue weighted by atomic mass is 10.2. The largest absolute Gasteiger partial charge is 0.495 e. The van der Waals surface area contributed by atoms with E-state index in [0.29, 0.717) is 16.3 Å². The minimum atomic E-state index is -3.93. The number of carbonyl (C=O) groups is 2. The molecule has 0 aliphatic rings. The fraction of sp³-hybridized carbons (Fsp3) is 0.0909. The van der Waals surface area contributed by atoms with Crippen LogP contribution in [0.25, 0.3) is 0 Å². The summed E-state index contributed by atoms with van der Waals surface area (Å²) >= 11 is 5.86. The van der Waals surface area contributed by atoms with Gasteiger partial charge in [0.15, 0.2) is 0 Å². The van der Waals surface area contributed by atoms with E-state index < -0.39 is 21.8 Å². The highest BCUT2D eigenvalue weighted by molar-refractivity contribution is 7.92. The fourth-order valence-corrected chi connectivity index (χ4v) is 4.08. The summed E-state index contributed by atoms with van der Waals surface area (Å²) in [5.74, 6) is -0.608. The molecule has 8 nitrogen and oxygen atoms in total. The first-order chi connectivity index (χ1) is 15.3. The number of ether oxygens (including phenoxy) is 1. The van der Waals surface area contributed by atoms with Gasteiger partial charge in [-0.1, -0.05) is 35.9 Å². The van der Waals surface area contributed by atoms with Crippen molar-refractivity contribution in [3.05, 3.63) is 83.4 Å². The van der Waals surface area contributed by atoms with Gasteiger partial charge >= 0.3 is 0 Å². The molecule has 0 bridgehead atoms. The number of anilines is 2. The molecule has 3 N–H and O–H groups in total. The van der Waals surface area contributed by atoms with Crippen molar-refractivity contribution in [2.75, 3.05) is 23.7 Å². The summed E-state index contributed by atoms with van der Waals surface area (Å²) in [7, 11) is -2.49. The van der Waals surface area contributed by atoms with E-state index in [1.165, 1.54) is 31.4 Å². The molecule has 0 unspecified atom stereocenters. The molecule has 0 aromatic heterocycles. The maximum absolute atomic E-state index is 12.8. The molecule has 0 saturated carbocycles. The van der Waals surface area contributed by atoms with Crippen molar-refractivity contribution in [2.45, 2.75) is 4.90 Å². The molecule has 0 heterocycles. The highest BCUT2D eigenvalue weighted by atomic mass is 35.5. The first-order valence-corrected chi connectivity index (χ1v) is 11.2.